The molecule has 1 fully saturated rings. The number of fused-ring (bicyclic) bond motifs is 1. The number of carbonyl (C=O) groups is 1. The number of aromatic amines is 1. The number of hydrogen-bond donors (Lipinski definition) is 2. The van der Waals surface area contributed by atoms with Crippen LogP contribution in [-0.2, 0) is 10.0 Å². The van der Waals surface area contributed by atoms with Crippen molar-refractivity contribution in [2.45, 2.75) is 23.8 Å². The van der Waals surface area contributed by atoms with Gasteiger partial charge in [-0.05, 0) is 31.0 Å². The van der Waals surface area contributed by atoms with Gasteiger partial charge in [0.25, 0.3) is 5.56 Å². The largest absolute Gasteiger partial charge is 0.465 e. The van der Waals surface area contributed by atoms with Gasteiger partial charge in [0.1, 0.15) is 4.90 Å². The molecule has 1 saturated heterocycles. The molecule has 2 N–H and O–H groups in total. The van der Waals surface area contributed by atoms with Gasteiger partial charge in [-0.2, -0.15) is 4.31 Å². The first-order valence-corrected chi connectivity index (χ1v) is 10.2. The van der Waals surface area contributed by atoms with Crippen molar-refractivity contribution in [2.24, 2.45) is 0 Å². The molecule has 0 radical (unpaired) electrons. The molecule has 10 heteroatoms. The van der Waals surface area contributed by atoms with E-state index in [1.165, 1.54) is 22.4 Å². The summed E-state index contributed by atoms with van der Waals surface area (Å²) in [5.41, 5.74) is -0.353. The monoisotopic (exact) mass is 443 g/mol. The zero-order valence-corrected chi connectivity index (χ0v) is 16.4. The first-order chi connectivity index (χ1) is 12.2. The van der Waals surface area contributed by atoms with Gasteiger partial charge >= 0.3 is 6.09 Å². The van der Waals surface area contributed by atoms with Gasteiger partial charge in [0.2, 0.25) is 10.0 Å². The Hall–Kier alpha value is -1.91. The van der Waals surface area contributed by atoms with Gasteiger partial charge in [-0.3, -0.25) is 4.79 Å². The molecule has 1 aliphatic heterocycles. The van der Waals surface area contributed by atoms with E-state index < -0.39 is 16.1 Å². The number of amides is 1. The van der Waals surface area contributed by atoms with Crippen LogP contribution in [-0.4, -0.2) is 60.0 Å². The van der Waals surface area contributed by atoms with Gasteiger partial charge in [0.15, 0.2) is 0 Å². The number of halogens is 1. The third-order valence-corrected chi connectivity index (χ3v) is 7.15. The maximum atomic E-state index is 13.1. The number of nitrogens with zero attached hydrogens (tertiary/aromatic N) is 2. The molecular formula is C16H18BrN3O5S. The zero-order valence-electron chi connectivity index (χ0n) is 14.0. The van der Waals surface area contributed by atoms with Crippen LogP contribution in [0.2, 0.25) is 0 Å². The zero-order chi connectivity index (χ0) is 19.1. The Bertz CT molecular complexity index is 1010. The van der Waals surface area contributed by atoms with Crippen molar-refractivity contribution in [2.75, 3.05) is 20.1 Å². The number of hydrogen-bond acceptors (Lipinski definition) is 4. The standard InChI is InChI=1S/C16H18BrN3O5S/c1-19(16(22)23)11-4-6-20(7-5-11)26(24,25)14-9-18-15(21)12-3-2-10(17)8-13(12)14/h2-3,8-9,11H,4-7H2,1H3,(H,18,21)(H,22,23). The average Bonchev–Trinajstić information content (AvgIpc) is 2.61. The summed E-state index contributed by atoms with van der Waals surface area (Å²) in [5, 5.41) is 9.72. The summed E-state index contributed by atoms with van der Waals surface area (Å²) in [7, 11) is -2.32. The van der Waals surface area contributed by atoms with Crippen LogP contribution in [0, 0.1) is 0 Å². The normalized spacial score (nSPS) is 16.7. The van der Waals surface area contributed by atoms with Crippen LogP contribution in [0.25, 0.3) is 10.8 Å². The number of pyridine rings is 1. The van der Waals surface area contributed by atoms with Crippen molar-refractivity contribution in [3.05, 3.63) is 39.2 Å². The Kier molecular flexibility index (Phi) is 5.09. The number of benzene rings is 1. The lowest BCUT2D eigenvalue weighted by atomic mass is 10.1. The minimum absolute atomic E-state index is 0.0402. The predicted octanol–water partition coefficient (Wildman–Crippen LogP) is 2.05. The number of aromatic nitrogens is 1. The minimum atomic E-state index is -3.82. The molecule has 2 heterocycles. The van der Waals surface area contributed by atoms with E-state index in [1.807, 2.05) is 0 Å². The number of sulfonamides is 1. The second-order valence-electron chi connectivity index (χ2n) is 6.20. The molecule has 0 saturated carbocycles. The van der Waals surface area contributed by atoms with E-state index in [0.29, 0.717) is 28.1 Å². The second kappa shape index (κ2) is 7.01. The smallest absolute Gasteiger partial charge is 0.407 e. The van der Waals surface area contributed by atoms with Gasteiger partial charge in [-0.15, -0.1) is 0 Å². The van der Waals surface area contributed by atoms with Crippen molar-refractivity contribution in [1.82, 2.24) is 14.2 Å². The summed E-state index contributed by atoms with van der Waals surface area (Å²) >= 11 is 3.31. The van der Waals surface area contributed by atoms with Crippen LogP contribution < -0.4 is 5.56 Å². The Morgan fingerprint density at radius 1 is 1.31 bits per heavy atom. The summed E-state index contributed by atoms with van der Waals surface area (Å²) in [4.78, 5) is 26.8. The summed E-state index contributed by atoms with van der Waals surface area (Å²) in [5.74, 6) is 0. The van der Waals surface area contributed by atoms with Crippen LogP contribution in [0.4, 0.5) is 4.79 Å². The minimum Gasteiger partial charge on any atom is -0.465 e. The van der Waals surface area contributed by atoms with Crippen molar-refractivity contribution in [3.63, 3.8) is 0 Å². The van der Waals surface area contributed by atoms with Gasteiger partial charge in [0, 0.05) is 47.6 Å². The van der Waals surface area contributed by atoms with Gasteiger partial charge in [-0.25, -0.2) is 13.2 Å². The molecule has 1 aromatic carbocycles. The number of nitrogens with one attached hydrogen (secondary N) is 1. The van der Waals surface area contributed by atoms with E-state index in [4.69, 9.17) is 5.11 Å². The van der Waals surface area contributed by atoms with Gasteiger partial charge < -0.3 is 15.0 Å². The summed E-state index contributed by atoms with van der Waals surface area (Å²) < 4.78 is 28.2. The molecule has 1 amide bonds. The van der Waals surface area contributed by atoms with Crippen molar-refractivity contribution >= 4 is 42.8 Å². The Labute approximate surface area is 158 Å². The highest BCUT2D eigenvalue weighted by Crippen LogP contribution is 2.28. The van der Waals surface area contributed by atoms with Crippen molar-refractivity contribution in [1.29, 1.82) is 0 Å². The summed E-state index contributed by atoms with van der Waals surface area (Å²) in [6, 6.07) is 4.66. The molecule has 26 heavy (non-hydrogen) atoms. The maximum absolute atomic E-state index is 13.1. The van der Waals surface area contributed by atoms with E-state index in [0.717, 1.165) is 0 Å². The lowest BCUT2D eigenvalue weighted by molar-refractivity contribution is 0.121. The maximum Gasteiger partial charge on any atom is 0.407 e. The fraction of sp³-hybridized carbons (Fsp3) is 0.375. The van der Waals surface area contributed by atoms with Gasteiger partial charge in [-0.1, -0.05) is 15.9 Å². The Morgan fingerprint density at radius 3 is 2.58 bits per heavy atom. The molecular weight excluding hydrogens is 426 g/mol. The SMILES string of the molecule is CN(C(=O)O)C1CCN(S(=O)(=O)c2c[nH]c(=O)c3ccc(Br)cc23)CC1. The molecule has 0 aliphatic carbocycles. The van der Waals surface area contributed by atoms with E-state index >= 15 is 0 Å². The van der Waals surface area contributed by atoms with Crippen LogP contribution >= 0.6 is 15.9 Å². The van der Waals surface area contributed by atoms with E-state index in [-0.39, 0.29) is 29.6 Å². The van der Waals surface area contributed by atoms with Crippen LogP contribution in [0.5, 0.6) is 0 Å². The molecule has 0 bridgehead atoms. The highest BCUT2D eigenvalue weighted by atomic mass is 79.9. The number of H-pyrrole nitrogens is 1. The molecule has 1 aliphatic rings. The average molecular weight is 444 g/mol. The van der Waals surface area contributed by atoms with Crippen LogP contribution in [0.3, 0.4) is 0 Å². The molecule has 0 unspecified atom stereocenters. The summed E-state index contributed by atoms with van der Waals surface area (Å²) in [6.45, 7) is 0.443. The lowest BCUT2D eigenvalue weighted by Gasteiger charge is -2.34. The number of piperidine rings is 1. The topological polar surface area (TPSA) is 111 Å². The third-order valence-electron chi connectivity index (χ3n) is 4.72. The van der Waals surface area contributed by atoms with E-state index in [9.17, 15) is 18.0 Å². The molecule has 8 nitrogen and oxygen atoms in total. The molecule has 2 aromatic rings. The quantitative estimate of drug-likeness (QED) is 0.753. The molecule has 3 rings (SSSR count). The first kappa shape index (κ1) is 18.9. The predicted molar refractivity (Wildman–Crippen MR) is 99.8 cm³/mol. The summed E-state index contributed by atoms with van der Waals surface area (Å²) in [6.07, 6.45) is 1.05. The van der Waals surface area contributed by atoms with E-state index in [2.05, 4.69) is 20.9 Å². The van der Waals surface area contributed by atoms with E-state index in [1.54, 1.807) is 18.2 Å². The van der Waals surface area contributed by atoms with Crippen LogP contribution in [0.15, 0.2) is 38.6 Å². The Morgan fingerprint density at radius 2 is 1.96 bits per heavy atom. The highest BCUT2D eigenvalue weighted by Gasteiger charge is 2.33. The number of carboxylic acid groups (broad SMARTS) is 1. The fourth-order valence-corrected chi connectivity index (χ4v) is 5.17. The van der Waals surface area contributed by atoms with Gasteiger partial charge in [0.05, 0.1) is 0 Å². The second-order valence-corrected chi connectivity index (χ2v) is 9.02. The molecule has 0 atom stereocenters. The molecule has 0 spiro atoms. The third kappa shape index (κ3) is 3.36. The Balaban J connectivity index is 1.94. The lowest BCUT2D eigenvalue weighted by Crippen LogP contribution is -2.47. The fourth-order valence-electron chi connectivity index (χ4n) is 3.18. The molecule has 1 aromatic heterocycles. The van der Waals surface area contributed by atoms with Crippen molar-refractivity contribution in [3.8, 4) is 0 Å². The molecule has 140 valence electrons. The van der Waals surface area contributed by atoms with Crippen molar-refractivity contribution < 1.29 is 18.3 Å². The van der Waals surface area contributed by atoms with Crippen LogP contribution in [0.1, 0.15) is 12.8 Å². The highest BCUT2D eigenvalue weighted by molar-refractivity contribution is 9.10. The first-order valence-electron chi connectivity index (χ1n) is 7.98. The number of rotatable bonds is 3.